The first-order chi connectivity index (χ1) is 6.74. The number of alkyl halides is 1. The Morgan fingerprint density at radius 3 is 2.71 bits per heavy atom. The molecule has 0 radical (unpaired) electrons. The van der Waals surface area contributed by atoms with Gasteiger partial charge in [-0.1, -0.05) is 6.08 Å². The van der Waals surface area contributed by atoms with Gasteiger partial charge in [-0.15, -0.1) is 0 Å². The highest BCUT2D eigenvalue weighted by atomic mass is 19.1. The van der Waals surface area contributed by atoms with Crippen LogP contribution in [0.15, 0.2) is 11.8 Å². The van der Waals surface area contributed by atoms with Crippen LogP contribution in [-0.2, 0) is 0 Å². The SMILES string of the molecule is CC=C1C2C3CCC(C3F)C2CN1C. The van der Waals surface area contributed by atoms with Crippen molar-refractivity contribution in [1.29, 1.82) is 0 Å². The number of fused-ring (bicyclic) bond motifs is 5. The molecule has 3 rings (SSSR count). The summed E-state index contributed by atoms with van der Waals surface area (Å²) in [5.41, 5.74) is 1.41. The van der Waals surface area contributed by atoms with Gasteiger partial charge in [-0.3, -0.25) is 0 Å². The zero-order chi connectivity index (χ0) is 9.87. The molecule has 0 amide bonds. The highest BCUT2D eigenvalue weighted by molar-refractivity contribution is 5.21. The third-order valence-corrected chi connectivity index (χ3v) is 4.69. The predicted molar refractivity (Wildman–Crippen MR) is 54.5 cm³/mol. The van der Waals surface area contributed by atoms with E-state index in [1.165, 1.54) is 5.70 Å². The molecule has 0 aromatic carbocycles. The van der Waals surface area contributed by atoms with Crippen LogP contribution in [0.5, 0.6) is 0 Å². The Balaban J connectivity index is 1.97. The molecule has 2 heteroatoms. The van der Waals surface area contributed by atoms with Gasteiger partial charge >= 0.3 is 0 Å². The minimum Gasteiger partial charge on any atom is -0.378 e. The van der Waals surface area contributed by atoms with E-state index in [9.17, 15) is 4.39 Å². The summed E-state index contributed by atoms with van der Waals surface area (Å²) in [5.74, 6) is 1.91. The zero-order valence-electron chi connectivity index (χ0n) is 8.91. The number of hydrogen-bond donors (Lipinski definition) is 0. The summed E-state index contributed by atoms with van der Waals surface area (Å²) in [4.78, 5) is 2.34. The molecule has 1 saturated heterocycles. The van der Waals surface area contributed by atoms with Gasteiger partial charge in [0, 0.05) is 25.2 Å². The van der Waals surface area contributed by atoms with Crippen LogP contribution in [0.2, 0.25) is 0 Å². The number of likely N-dealkylation sites (tertiary alicyclic amines) is 1. The average molecular weight is 195 g/mol. The first kappa shape index (κ1) is 8.75. The van der Waals surface area contributed by atoms with Crippen molar-refractivity contribution in [1.82, 2.24) is 4.90 Å². The van der Waals surface area contributed by atoms with Crippen LogP contribution in [0.4, 0.5) is 4.39 Å². The lowest BCUT2D eigenvalue weighted by Crippen LogP contribution is -2.20. The van der Waals surface area contributed by atoms with E-state index in [0.717, 1.165) is 19.4 Å². The third-order valence-electron chi connectivity index (χ3n) is 4.69. The van der Waals surface area contributed by atoms with E-state index in [1.807, 2.05) is 0 Å². The van der Waals surface area contributed by atoms with Crippen LogP contribution in [0.3, 0.4) is 0 Å². The minimum absolute atomic E-state index is 0.348. The zero-order valence-corrected chi connectivity index (χ0v) is 8.91. The Morgan fingerprint density at radius 1 is 1.29 bits per heavy atom. The Kier molecular flexibility index (Phi) is 1.71. The van der Waals surface area contributed by atoms with Crippen molar-refractivity contribution in [3.63, 3.8) is 0 Å². The molecule has 2 bridgehead atoms. The fourth-order valence-electron chi connectivity index (χ4n) is 4.21. The van der Waals surface area contributed by atoms with Crippen LogP contribution in [0.1, 0.15) is 19.8 Å². The van der Waals surface area contributed by atoms with E-state index >= 15 is 0 Å². The maximum absolute atomic E-state index is 13.9. The fraction of sp³-hybridized carbons (Fsp3) is 0.833. The molecule has 2 saturated carbocycles. The molecule has 0 N–H and O–H groups in total. The number of hydrogen-bond acceptors (Lipinski definition) is 1. The lowest BCUT2D eigenvalue weighted by atomic mass is 9.80. The molecule has 0 spiro atoms. The van der Waals surface area contributed by atoms with Crippen LogP contribution in [0, 0.1) is 23.7 Å². The maximum atomic E-state index is 13.9. The summed E-state index contributed by atoms with van der Waals surface area (Å²) < 4.78 is 13.9. The van der Waals surface area contributed by atoms with Crippen LogP contribution < -0.4 is 0 Å². The van der Waals surface area contributed by atoms with E-state index in [-0.39, 0.29) is 0 Å². The van der Waals surface area contributed by atoms with Crippen LogP contribution >= 0.6 is 0 Å². The Morgan fingerprint density at radius 2 is 2.00 bits per heavy atom. The van der Waals surface area contributed by atoms with Gasteiger partial charge in [-0.25, -0.2) is 4.39 Å². The van der Waals surface area contributed by atoms with E-state index < -0.39 is 6.17 Å². The molecule has 1 aliphatic heterocycles. The molecule has 1 nitrogen and oxygen atoms in total. The van der Waals surface area contributed by atoms with Gasteiger partial charge in [0.25, 0.3) is 0 Å². The van der Waals surface area contributed by atoms with Gasteiger partial charge in [-0.2, -0.15) is 0 Å². The smallest absolute Gasteiger partial charge is 0.107 e. The molecule has 2 aliphatic carbocycles. The van der Waals surface area contributed by atoms with Gasteiger partial charge in [0.15, 0.2) is 0 Å². The summed E-state index contributed by atoms with van der Waals surface area (Å²) in [6.45, 7) is 3.18. The van der Waals surface area contributed by atoms with Crippen molar-refractivity contribution in [3.05, 3.63) is 11.8 Å². The minimum atomic E-state index is -0.492. The molecular formula is C12H18FN. The molecular weight excluding hydrogens is 177 g/mol. The molecule has 5 atom stereocenters. The van der Waals surface area contributed by atoms with E-state index in [0.29, 0.717) is 23.7 Å². The second kappa shape index (κ2) is 2.74. The highest BCUT2D eigenvalue weighted by Gasteiger charge is 2.59. The largest absolute Gasteiger partial charge is 0.378 e. The van der Waals surface area contributed by atoms with Gasteiger partial charge in [0.05, 0.1) is 0 Å². The lowest BCUT2D eigenvalue weighted by Gasteiger charge is -2.23. The van der Waals surface area contributed by atoms with Crippen LogP contribution in [-0.4, -0.2) is 24.7 Å². The van der Waals surface area contributed by atoms with E-state index in [2.05, 4.69) is 24.9 Å². The first-order valence-corrected chi connectivity index (χ1v) is 5.75. The number of nitrogens with zero attached hydrogens (tertiary/aromatic N) is 1. The highest BCUT2D eigenvalue weighted by Crippen LogP contribution is 2.59. The molecule has 3 fully saturated rings. The van der Waals surface area contributed by atoms with Crippen molar-refractivity contribution >= 4 is 0 Å². The molecule has 0 aromatic rings. The average Bonchev–Trinajstić information content (AvgIpc) is 2.74. The van der Waals surface area contributed by atoms with E-state index in [1.54, 1.807) is 0 Å². The predicted octanol–water partition coefficient (Wildman–Crippen LogP) is 2.45. The standard InChI is InChI=1S/C12H18FN/c1-3-10-11-8-5-4-7(12(8)13)9(11)6-14(10)2/h3,7-9,11-12H,4-6H2,1-2H3. The van der Waals surface area contributed by atoms with Gasteiger partial charge in [0.1, 0.15) is 6.17 Å². The summed E-state index contributed by atoms with van der Waals surface area (Å²) in [7, 11) is 2.15. The Hall–Kier alpha value is -0.530. The van der Waals surface area contributed by atoms with Crippen molar-refractivity contribution in [2.75, 3.05) is 13.6 Å². The van der Waals surface area contributed by atoms with E-state index in [4.69, 9.17) is 0 Å². The van der Waals surface area contributed by atoms with Gasteiger partial charge < -0.3 is 4.90 Å². The fourth-order valence-corrected chi connectivity index (χ4v) is 4.21. The quantitative estimate of drug-likeness (QED) is 0.574. The summed E-state index contributed by atoms with van der Waals surface area (Å²) in [6.07, 6.45) is 3.96. The topological polar surface area (TPSA) is 3.24 Å². The normalized spacial score (nSPS) is 53.2. The molecule has 1 heterocycles. The molecule has 5 unspecified atom stereocenters. The van der Waals surface area contributed by atoms with Crippen molar-refractivity contribution in [3.8, 4) is 0 Å². The molecule has 78 valence electrons. The molecule has 0 aromatic heterocycles. The number of halogens is 1. The van der Waals surface area contributed by atoms with Gasteiger partial charge in [-0.05, 0) is 37.5 Å². The molecule has 3 aliphatic rings. The third kappa shape index (κ3) is 0.850. The Labute approximate surface area is 85.0 Å². The Bertz CT molecular complexity index is 286. The first-order valence-electron chi connectivity index (χ1n) is 5.75. The summed E-state index contributed by atoms with van der Waals surface area (Å²) in [5, 5.41) is 0. The number of rotatable bonds is 0. The maximum Gasteiger partial charge on any atom is 0.107 e. The van der Waals surface area contributed by atoms with Crippen LogP contribution in [0.25, 0.3) is 0 Å². The van der Waals surface area contributed by atoms with Crippen molar-refractivity contribution in [2.45, 2.75) is 25.9 Å². The number of allylic oxidation sites excluding steroid dienone is 2. The summed E-state index contributed by atoms with van der Waals surface area (Å²) in [6, 6.07) is 0. The van der Waals surface area contributed by atoms with Gasteiger partial charge in [0.2, 0.25) is 0 Å². The van der Waals surface area contributed by atoms with Crippen molar-refractivity contribution < 1.29 is 4.39 Å². The monoisotopic (exact) mass is 195 g/mol. The second-order valence-corrected chi connectivity index (χ2v) is 5.13. The lowest BCUT2D eigenvalue weighted by molar-refractivity contribution is 0.228. The molecule has 14 heavy (non-hydrogen) atoms. The summed E-state index contributed by atoms with van der Waals surface area (Å²) >= 11 is 0. The second-order valence-electron chi connectivity index (χ2n) is 5.13. The van der Waals surface area contributed by atoms with Crippen molar-refractivity contribution in [2.24, 2.45) is 23.7 Å².